The van der Waals surface area contributed by atoms with Crippen molar-refractivity contribution in [2.24, 2.45) is 0 Å². The molecule has 28 heavy (non-hydrogen) atoms. The first kappa shape index (κ1) is 22.0. The van der Waals surface area contributed by atoms with Crippen molar-refractivity contribution in [3.05, 3.63) is 95.6 Å². The minimum Gasteiger partial charge on any atom is -0.361 e. The number of aryl methyl sites for hydroxylation is 1. The van der Waals surface area contributed by atoms with Crippen LogP contribution in [0.1, 0.15) is 26.3 Å². The molecule has 0 spiro atoms. The van der Waals surface area contributed by atoms with Gasteiger partial charge in [-0.25, -0.2) is 0 Å². The van der Waals surface area contributed by atoms with Gasteiger partial charge >= 0.3 is 32.7 Å². The maximum atomic E-state index is 12.2. The molecule has 2 N–H and O–H groups in total. The predicted octanol–water partition coefficient (Wildman–Crippen LogP) is 3.62. The Labute approximate surface area is 190 Å². The quantitative estimate of drug-likeness (QED) is 0.449. The molecule has 3 rings (SSSR count). The summed E-state index contributed by atoms with van der Waals surface area (Å²) in [7, 11) is 0. The maximum Gasteiger partial charge on any atom is 3.00 e. The van der Waals surface area contributed by atoms with Crippen LogP contribution < -0.4 is 10.6 Å². The van der Waals surface area contributed by atoms with Crippen molar-refractivity contribution in [2.75, 3.05) is 13.1 Å². The third-order valence-corrected chi connectivity index (χ3v) is 4.18. The number of rotatable bonds is 6. The molecule has 4 nitrogen and oxygen atoms in total. The van der Waals surface area contributed by atoms with Crippen LogP contribution >= 0.6 is 0 Å². The Hall–Kier alpha value is -2.30. The molecule has 2 amide bonds. The summed E-state index contributed by atoms with van der Waals surface area (Å²) in [6.07, 6.45) is 0. The molecular formula is C23H21N2O2Y+2. The van der Waals surface area contributed by atoms with Gasteiger partial charge in [-0.15, -0.1) is 0 Å². The molecule has 0 saturated carbocycles. The first-order valence-electron chi connectivity index (χ1n) is 8.84. The summed E-state index contributed by atoms with van der Waals surface area (Å²) in [5.74, 6) is -0.333. The summed E-state index contributed by atoms with van der Waals surface area (Å²) >= 11 is 0. The van der Waals surface area contributed by atoms with Gasteiger partial charge in [-0.2, -0.15) is 29.8 Å². The van der Waals surface area contributed by atoms with E-state index >= 15 is 0 Å². The Morgan fingerprint density at radius 1 is 0.750 bits per heavy atom. The van der Waals surface area contributed by atoms with Crippen LogP contribution in [0, 0.1) is 13.0 Å². The molecule has 0 unspecified atom stereocenters. The van der Waals surface area contributed by atoms with Crippen LogP contribution in [0.25, 0.3) is 11.1 Å². The Morgan fingerprint density at radius 2 is 1.29 bits per heavy atom. The molecule has 0 atom stereocenters. The SMILES string of the molecule is Cc1[c-]cc(C(=O)NCCNC(=O)c2ccc(-c3ccccc3)cc2)cc1.[Y+3]. The smallest absolute Gasteiger partial charge is 0.361 e. The monoisotopic (exact) mass is 446 g/mol. The Kier molecular flexibility index (Phi) is 8.55. The first-order chi connectivity index (χ1) is 13.1. The summed E-state index contributed by atoms with van der Waals surface area (Å²) < 4.78 is 0. The number of nitrogens with one attached hydrogen (secondary N) is 2. The number of amides is 2. The molecule has 0 heterocycles. The molecule has 0 aliphatic rings. The van der Waals surface area contributed by atoms with Gasteiger partial charge in [-0.05, 0) is 23.3 Å². The molecule has 0 radical (unpaired) electrons. The van der Waals surface area contributed by atoms with Crippen molar-refractivity contribution >= 4 is 11.8 Å². The molecule has 0 fully saturated rings. The largest absolute Gasteiger partial charge is 3.00 e. The van der Waals surface area contributed by atoms with Gasteiger partial charge in [0, 0.05) is 18.7 Å². The summed E-state index contributed by atoms with van der Waals surface area (Å²) in [6, 6.07) is 25.7. The van der Waals surface area contributed by atoms with Gasteiger partial charge in [-0.3, -0.25) is 9.59 Å². The normalized spacial score (nSPS) is 9.89. The molecular weight excluding hydrogens is 425 g/mol. The van der Waals surface area contributed by atoms with Gasteiger partial charge in [0.25, 0.3) is 5.91 Å². The van der Waals surface area contributed by atoms with E-state index in [-0.39, 0.29) is 44.5 Å². The first-order valence-corrected chi connectivity index (χ1v) is 8.84. The molecule has 0 saturated heterocycles. The predicted molar refractivity (Wildman–Crippen MR) is 107 cm³/mol. The van der Waals surface area contributed by atoms with Crippen molar-refractivity contribution < 1.29 is 42.3 Å². The van der Waals surface area contributed by atoms with Gasteiger partial charge in [0.05, 0.1) is 0 Å². The Bertz CT molecular complexity index is 908. The van der Waals surface area contributed by atoms with Crippen molar-refractivity contribution in [3.8, 4) is 11.1 Å². The van der Waals surface area contributed by atoms with E-state index in [0.29, 0.717) is 24.2 Å². The Morgan fingerprint density at radius 3 is 1.86 bits per heavy atom. The van der Waals surface area contributed by atoms with E-state index in [1.54, 1.807) is 24.3 Å². The second-order valence-corrected chi connectivity index (χ2v) is 6.22. The van der Waals surface area contributed by atoms with Crippen molar-refractivity contribution in [1.82, 2.24) is 10.6 Å². The van der Waals surface area contributed by atoms with Crippen LogP contribution in [0.15, 0.2) is 72.8 Å². The van der Waals surface area contributed by atoms with Crippen molar-refractivity contribution in [3.63, 3.8) is 0 Å². The van der Waals surface area contributed by atoms with Gasteiger partial charge in [0.2, 0.25) is 0 Å². The topological polar surface area (TPSA) is 58.2 Å². The van der Waals surface area contributed by atoms with Gasteiger partial charge in [0.1, 0.15) is 0 Å². The third-order valence-electron chi connectivity index (χ3n) is 4.18. The van der Waals surface area contributed by atoms with Crippen molar-refractivity contribution in [1.29, 1.82) is 0 Å². The zero-order chi connectivity index (χ0) is 19.1. The minimum atomic E-state index is -0.173. The zero-order valence-corrected chi connectivity index (χ0v) is 18.6. The van der Waals surface area contributed by atoms with E-state index in [1.807, 2.05) is 55.5 Å². The minimum absolute atomic E-state index is 0. The number of benzene rings is 3. The van der Waals surface area contributed by atoms with Crippen LogP contribution in [0.5, 0.6) is 0 Å². The molecule has 136 valence electrons. The van der Waals surface area contributed by atoms with E-state index in [2.05, 4.69) is 16.7 Å². The number of hydrogen-bond acceptors (Lipinski definition) is 2. The fourth-order valence-corrected chi connectivity index (χ4v) is 2.64. The van der Waals surface area contributed by atoms with E-state index < -0.39 is 0 Å². The maximum absolute atomic E-state index is 12.2. The van der Waals surface area contributed by atoms with Crippen LogP contribution in [0.3, 0.4) is 0 Å². The van der Waals surface area contributed by atoms with Gasteiger partial charge < -0.3 is 10.6 Å². The third kappa shape index (κ3) is 6.11. The standard InChI is InChI=1S/C23H21N2O2.Y/c1-17-7-9-20(10-8-17)22(26)24-15-16-25-23(27)21-13-11-19(12-14-21)18-5-3-2-4-6-18;/h2-7,9-14H,15-16H2,1H3,(H,24,26)(H,25,27);/q-1;+3. The van der Waals surface area contributed by atoms with E-state index in [1.165, 1.54) is 0 Å². The molecule has 0 bridgehead atoms. The number of carbonyl (C=O) groups excluding carboxylic acids is 2. The van der Waals surface area contributed by atoms with Crippen LogP contribution in [-0.2, 0) is 32.7 Å². The zero-order valence-electron chi connectivity index (χ0n) is 15.7. The number of carbonyl (C=O) groups is 2. The average molecular weight is 446 g/mol. The fraction of sp³-hybridized carbons (Fsp3) is 0.130. The summed E-state index contributed by atoms with van der Waals surface area (Å²) in [5.41, 5.74) is 4.31. The van der Waals surface area contributed by atoms with Gasteiger partial charge in [-0.1, -0.05) is 55.0 Å². The van der Waals surface area contributed by atoms with Crippen molar-refractivity contribution in [2.45, 2.75) is 6.92 Å². The molecule has 0 aliphatic carbocycles. The fourth-order valence-electron chi connectivity index (χ4n) is 2.64. The molecule has 3 aromatic carbocycles. The van der Waals surface area contributed by atoms with E-state index in [4.69, 9.17) is 0 Å². The number of hydrogen-bond donors (Lipinski definition) is 2. The van der Waals surface area contributed by atoms with E-state index in [0.717, 1.165) is 16.7 Å². The second-order valence-electron chi connectivity index (χ2n) is 6.22. The summed E-state index contributed by atoms with van der Waals surface area (Å²) in [6.45, 7) is 2.64. The van der Waals surface area contributed by atoms with Crippen LogP contribution in [0.2, 0.25) is 0 Å². The molecule has 0 aromatic heterocycles. The summed E-state index contributed by atoms with van der Waals surface area (Å²) in [5, 5.41) is 5.59. The van der Waals surface area contributed by atoms with E-state index in [9.17, 15) is 9.59 Å². The average Bonchev–Trinajstić information content (AvgIpc) is 2.72. The van der Waals surface area contributed by atoms with Gasteiger partial charge in [0.15, 0.2) is 5.91 Å². The molecule has 5 heteroatoms. The second kappa shape index (κ2) is 10.9. The Balaban J connectivity index is 0.00000280. The molecule has 0 aliphatic heterocycles. The van der Waals surface area contributed by atoms with Crippen LogP contribution in [-0.4, -0.2) is 24.9 Å². The molecule has 3 aromatic rings. The summed E-state index contributed by atoms with van der Waals surface area (Å²) in [4.78, 5) is 24.2. The van der Waals surface area contributed by atoms with Crippen LogP contribution in [0.4, 0.5) is 0 Å².